The Morgan fingerprint density at radius 2 is 1.92 bits per heavy atom. The molecule has 0 spiro atoms. The summed E-state index contributed by atoms with van der Waals surface area (Å²) >= 11 is 0. The number of methoxy groups -OCH3 is 2. The molecule has 1 atom stereocenters. The Morgan fingerprint density at radius 1 is 1.20 bits per heavy atom. The van der Waals surface area contributed by atoms with Crippen LogP contribution in [0.5, 0.6) is 11.5 Å². The van der Waals surface area contributed by atoms with Crippen LogP contribution in [0.1, 0.15) is 31.1 Å². The van der Waals surface area contributed by atoms with E-state index in [-0.39, 0.29) is 11.9 Å². The minimum Gasteiger partial charge on any atom is -0.493 e. The molecule has 132 valence electrons. The molecule has 3 rings (SSSR count). The molecular formula is C17H20FN5O2. The van der Waals surface area contributed by atoms with Crippen molar-refractivity contribution in [2.45, 2.75) is 26.3 Å². The zero-order chi connectivity index (χ0) is 18.0. The van der Waals surface area contributed by atoms with Crippen molar-refractivity contribution in [1.82, 2.24) is 19.6 Å². The molecule has 2 aromatic heterocycles. The Labute approximate surface area is 144 Å². The molecule has 0 aliphatic carbocycles. The molecule has 0 radical (unpaired) electrons. The highest BCUT2D eigenvalue weighted by Gasteiger charge is 2.18. The average Bonchev–Trinajstić information content (AvgIpc) is 3.09. The minimum atomic E-state index is -0.378. The van der Waals surface area contributed by atoms with Gasteiger partial charge in [-0.25, -0.2) is 9.37 Å². The largest absolute Gasteiger partial charge is 0.493 e. The first-order chi connectivity index (χ1) is 12.1. The van der Waals surface area contributed by atoms with Gasteiger partial charge in [-0.1, -0.05) is 6.92 Å². The van der Waals surface area contributed by atoms with Crippen molar-refractivity contribution < 1.29 is 13.9 Å². The fourth-order valence-corrected chi connectivity index (χ4v) is 2.65. The second-order valence-corrected chi connectivity index (χ2v) is 5.55. The summed E-state index contributed by atoms with van der Waals surface area (Å²) in [5, 5.41) is 7.44. The molecule has 0 amide bonds. The van der Waals surface area contributed by atoms with Crippen LogP contribution in [-0.4, -0.2) is 33.8 Å². The number of halogens is 1. The molecule has 25 heavy (non-hydrogen) atoms. The number of hydrogen-bond donors (Lipinski definition) is 1. The third kappa shape index (κ3) is 3.19. The molecule has 0 aliphatic heterocycles. The van der Waals surface area contributed by atoms with Gasteiger partial charge in [0.05, 0.1) is 20.3 Å². The number of aryl methyl sites for hydroxylation is 1. The second-order valence-electron chi connectivity index (χ2n) is 5.55. The zero-order valence-corrected chi connectivity index (χ0v) is 14.6. The van der Waals surface area contributed by atoms with E-state index in [9.17, 15) is 4.39 Å². The van der Waals surface area contributed by atoms with Crippen LogP contribution in [0.3, 0.4) is 0 Å². The molecule has 3 aromatic rings. The van der Waals surface area contributed by atoms with Gasteiger partial charge in [-0.3, -0.25) is 0 Å². The van der Waals surface area contributed by atoms with Crippen molar-refractivity contribution in [1.29, 1.82) is 0 Å². The average molecular weight is 345 g/mol. The second kappa shape index (κ2) is 6.92. The lowest BCUT2D eigenvalue weighted by atomic mass is 10.1. The molecule has 0 aliphatic rings. The lowest BCUT2D eigenvalue weighted by Crippen LogP contribution is -2.13. The molecule has 1 unspecified atom stereocenters. The maximum Gasteiger partial charge on any atom is 0.254 e. The van der Waals surface area contributed by atoms with Crippen LogP contribution in [-0.2, 0) is 6.42 Å². The molecule has 0 bridgehead atoms. The molecule has 2 heterocycles. The van der Waals surface area contributed by atoms with Crippen molar-refractivity contribution in [3.8, 4) is 11.5 Å². The summed E-state index contributed by atoms with van der Waals surface area (Å²) in [6.07, 6.45) is 2.20. The lowest BCUT2D eigenvalue weighted by Gasteiger charge is -2.19. The summed E-state index contributed by atoms with van der Waals surface area (Å²) in [6, 6.07) is 4.50. The van der Waals surface area contributed by atoms with E-state index in [0.717, 1.165) is 12.1 Å². The van der Waals surface area contributed by atoms with Crippen molar-refractivity contribution in [2.75, 3.05) is 19.5 Å². The van der Waals surface area contributed by atoms with Gasteiger partial charge in [0, 0.05) is 23.4 Å². The summed E-state index contributed by atoms with van der Waals surface area (Å²) in [5.41, 5.74) is 1.34. The normalized spacial score (nSPS) is 12.2. The number of nitrogens with one attached hydrogen (secondary N) is 1. The Hall–Kier alpha value is -2.90. The lowest BCUT2D eigenvalue weighted by molar-refractivity contribution is 0.351. The van der Waals surface area contributed by atoms with E-state index in [0.29, 0.717) is 28.7 Å². The number of anilines is 1. The SMILES string of the molecule is CCc1cc(NC(C)c2cc(OC)c(OC)cc2F)n2ncnc2n1. The highest BCUT2D eigenvalue weighted by Crippen LogP contribution is 2.33. The van der Waals surface area contributed by atoms with E-state index in [1.54, 1.807) is 10.6 Å². The van der Waals surface area contributed by atoms with E-state index in [1.165, 1.54) is 26.6 Å². The molecule has 0 saturated heterocycles. The van der Waals surface area contributed by atoms with Crippen LogP contribution in [0.25, 0.3) is 5.78 Å². The monoisotopic (exact) mass is 345 g/mol. The predicted octanol–water partition coefficient (Wildman–Crippen LogP) is 3.02. The highest BCUT2D eigenvalue weighted by molar-refractivity contribution is 5.49. The predicted molar refractivity (Wildman–Crippen MR) is 91.7 cm³/mol. The molecule has 8 heteroatoms. The van der Waals surface area contributed by atoms with Gasteiger partial charge < -0.3 is 14.8 Å². The first-order valence-electron chi connectivity index (χ1n) is 7.95. The van der Waals surface area contributed by atoms with Crippen LogP contribution >= 0.6 is 0 Å². The zero-order valence-electron chi connectivity index (χ0n) is 14.6. The van der Waals surface area contributed by atoms with Crippen LogP contribution in [0, 0.1) is 5.82 Å². The molecule has 1 aromatic carbocycles. The third-order valence-corrected chi connectivity index (χ3v) is 4.00. The van der Waals surface area contributed by atoms with Gasteiger partial charge in [-0.2, -0.15) is 14.6 Å². The first-order valence-corrected chi connectivity index (χ1v) is 7.95. The topological polar surface area (TPSA) is 73.6 Å². The van der Waals surface area contributed by atoms with Crippen LogP contribution in [0.2, 0.25) is 0 Å². The van der Waals surface area contributed by atoms with Gasteiger partial charge in [0.1, 0.15) is 18.0 Å². The summed E-state index contributed by atoms with van der Waals surface area (Å²) in [7, 11) is 3.00. The summed E-state index contributed by atoms with van der Waals surface area (Å²) < 4.78 is 26.5. The van der Waals surface area contributed by atoms with Crippen molar-refractivity contribution >= 4 is 11.6 Å². The molecule has 1 N–H and O–H groups in total. The number of fused-ring (bicyclic) bond motifs is 1. The Balaban J connectivity index is 1.97. The Bertz CT molecular complexity index is 896. The van der Waals surface area contributed by atoms with Crippen LogP contribution < -0.4 is 14.8 Å². The summed E-state index contributed by atoms with van der Waals surface area (Å²) in [4.78, 5) is 8.53. The van der Waals surface area contributed by atoms with Crippen LogP contribution in [0.15, 0.2) is 24.5 Å². The number of hydrogen-bond acceptors (Lipinski definition) is 6. The van der Waals surface area contributed by atoms with Gasteiger partial charge in [0.2, 0.25) is 0 Å². The standard InChI is InChI=1S/C17H20FN5O2/c1-5-11-6-16(23-17(22-11)19-9-20-23)21-10(2)12-7-14(24-3)15(25-4)8-13(12)18/h6-10,21H,5H2,1-4H3. The van der Waals surface area contributed by atoms with E-state index in [2.05, 4.69) is 20.4 Å². The van der Waals surface area contributed by atoms with Gasteiger partial charge in [-0.05, 0) is 19.4 Å². The number of nitrogens with zero attached hydrogens (tertiary/aromatic N) is 4. The summed E-state index contributed by atoms with van der Waals surface area (Å²) in [6.45, 7) is 3.87. The van der Waals surface area contributed by atoms with E-state index >= 15 is 0 Å². The molecule has 0 saturated carbocycles. The fourth-order valence-electron chi connectivity index (χ4n) is 2.65. The van der Waals surface area contributed by atoms with Gasteiger partial charge in [0.15, 0.2) is 11.5 Å². The van der Waals surface area contributed by atoms with Gasteiger partial charge in [-0.15, -0.1) is 0 Å². The summed E-state index contributed by atoms with van der Waals surface area (Å²) in [5.74, 6) is 1.65. The molecule has 0 fully saturated rings. The highest BCUT2D eigenvalue weighted by atomic mass is 19.1. The fraction of sp³-hybridized carbons (Fsp3) is 0.353. The Kier molecular flexibility index (Phi) is 4.69. The maximum atomic E-state index is 14.5. The van der Waals surface area contributed by atoms with Gasteiger partial charge >= 0.3 is 0 Å². The quantitative estimate of drug-likeness (QED) is 0.740. The Morgan fingerprint density at radius 3 is 2.60 bits per heavy atom. The minimum absolute atomic E-state index is 0.334. The number of rotatable bonds is 6. The van der Waals surface area contributed by atoms with E-state index in [1.807, 2.05) is 19.9 Å². The number of benzene rings is 1. The molecule has 7 nitrogen and oxygen atoms in total. The smallest absolute Gasteiger partial charge is 0.254 e. The molecular weight excluding hydrogens is 325 g/mol. The van der Waals surface area contributed by atoms with E-state index < -0.39 is 0 Å². The maximum absolute atomic E-state index is 14.5. The first kappa shape index (κ1) is 16.9. The third-order valence-electron chi connectivity index (χ3n) is 4.00. The number of aromatic nitrogens is 4. The van der Waals surface area contributed by atoms with Crippen LogP contribution in [0.4, 0.5) is 10.2 Å². The van der Waals surface area contributed by atoms with Gasteiger partial charge in [0.25, 0.3) is 5.78 Å². The number of ether oxygens (including phenoxy) is 2. The van der Waals surface area contributed by atoms with Crippen molar-refractivity contribution in [3.63, 3.8) is 0 Å². The van der Waals surface area contributed by atoms with Crippen molar-refractivity contribution in [3.05, 3.63) is 41.6 Å². The van der Waals surface area contributed by atoms with Crippen molar-refractivity contribution in [2.24, 2.45) is 0 Å². The van der Waals surface area contributed by atoms with E-state index in [4.69, 9.17) is 9.47 Å².